The highest BCUT2D eigenvalue weighted by Gasteiger charge is 2.37. The average Bonchev–Trinajstić information content (AvgIpc) is 1.57. The third-order valence-corrected chi connectivity index (χ3v) is 2.93. The van der Waals surface area contributed by atoms with E-state index in [9.17, 15) is 4.39 Å². The van der Waals surface area contributed by atoms with E-state index >= 15 is 0 Å². The van der Waals surface area contributed by atoms with Gasteiger partial charge >= 0.3 is 0 Å². The minimum atomic E-state index is -0.435. The number of alkyl halides is 1. The number of halogens is 1. The van der Waals surface area contributed by atoms with Crippen LogP contribution < -0.4 is 0 Å². The smallest absolute Gasteiger partial charge is 0.101 e. The van der Waals surface area contributed by atoms with Crippen LogP contribution in [0.25, 0.3) is 0 Å². The first kappa shape index (κ1) is 5.70. The molecule has 2 rings (SSSR count). The summed E-state index contributed by atoms with van der Waals surface area (Å²) in [5.74, 6) is 1.71. The van der Waals surface area contributed by atoms with Crippen LogP contribution in [-0.2, 0) is 0 Å². The molecule has 0 N–H and O–H groups in total. The topological polar surface area (TPSA) is 0 Å². The van der Waals surface area contributed by atoms with Crippen molar-refractivity contribution in [3.63, 3.8) is 0 Å². The van der Waals surface area contributed by atoms with Gasteiger partial charge in [0.25, 0.3) is 0 Å². The molecule has 2 aliphatic carbocycles. The van der Waals surface area contributed by atoms with Gasteiger partial charge in [0, 0.05) is 0 Å². The Bertz CT molecular complexity index is 101. The Morgan fingerprint density at radius 1 is 1.00 bits per heavy atom. The molecule has 2 fully saturated rings. The minimum absolute atomic E-state index is 0.435. The fraction of sp³-hybridized carbons (Fsp3) is 1.00. The Hall–Kier alpha value is -0.0700. The van der Waals surface area contributed by atoms with Crippen molar-refractivity contribution in [1.29, 1.82) is 0 Å². The predicted molar refractivity (Wildman–Crippen MR) is 35.0 cm³/mol. The van der Waals surface area contributed by atoms with Crippen molar-refractivity contribution in [2.24, 2.45) is 11.8 Å². The number of rotatable bonds is 1. The lowest BCUT2D eigenvalue weighted by Gasteiger charge is -2.41. The van der Waals surface area contributed by atoms with Crippen LogP contribution in [-0.4, -0.2) is 6.17 Å². The Morgan fingerprint density at radius 3 is 2.00 bits per heavy atom. The number of hydrogen-bond donors (Lipinski definition) is 0. The van der Waals surface area contributed by atoms with Crippen LogP contribution in [0.4, 0.5) is 4.39 Å². The van der Waals surface area contributed by atoms with Crippen molar-refractivity contribution >= 4 is 0 Å². The Kier molecular flexibility index (Phi) is 1.24. The van der Waals surface area contributed by atoms with Crippen LogP contribution in [0.2, 0.25) is 0 Å². The molecule has 52 valence electrons. The molecule has 0 aromatic rings. The first-order chi connectivity index (χ1) is 4.36. The van der Waals surface area contributed by atoms with E-state index in [-0.39, 0.29) is 0 Å². The van der Waals surface area contributed by atoms with Crippen LogP contribution in [0.5, 0.6) is 0 Å². The van der Waals surface area contributed by atoms with E-state index in [0.29, 0.717) is 0 Å². The van der Waals surface area contributed by atoms with E-state index in [0.717, 1.165) is 24.7 Å². The second-order valence-corrected chi connectivity index (χ2v) is 3.52. The summed E-state index contributed by atoms with van der Waals surface area (Å²) in [6.07, 6.45) is 5.50. The van der Waals surface area contributed by atoms with Crippen molar-refractivity contribution < 1.29 is 4.39 Å². The van der Waals surface area contributed by atoms with Gasteiger partial charge < -0.3 is 0 Å². The van der Waals surface area contributed by atoms with Crippen molar-refractivity contribution in [2.45, 2.75) is 38.3 Å². The molecule has 0 radical (unpaired) electrons. The zero-order valence-corrected chi connectivity index (χ0v) is 5.65. The highest BCUT2D eigenvalue weighted by atomic mass is 19.1. The van der Waals surface area contributed by atoms with Crippen LogP contribution in [0.3, 0.4) is 0 Å². The standard InChI is InChI=1S/C8H13F/c9-8-4-7(5-8)6-2-1-3-6/h6-8H,1-5H2. The second kappa shape index (κ2) is 1.96. The van der Waals surface area contributed by atoms with Gasteiger partial charge in [-0.25, -0.2) is 4.39 Å². The van der Waals surface area contributed by atoms with Gasteiger partial charge in [-0.15, -0.1) is 0 Å². The largest absolute Gasteiger partial charge is 0.247 e. The van der Waals surface area contributed by atoms with Crippen LogP contribution in [0.1, 0.15) is 32.1 Å². The van der Waals surface area contributed by atoms with E-state index in [2.05, 4.69) is 0 Å². The molecule has 0 spiro atoms. The van der Waals surface area contributed by atoms with Gasteiger partial charge in [-0.2, -0.15) is 0 Å². The summed E-state index contributed by atoms with van der Waals surface area (Å²) < 4.78 is 12.3. The van der Waals surface area contributed by atoms with E-state index in [1.165, 1.54) is 19.3 Å². The summed E-state index contributed by atoms with van der Waals surface area (Å²) in [4.78, 5) is 0. The molecule has 0 nitrogen and oxygen atoms in total. The molecular formula is C8H13F. The normalized spacial score (nSPS) is 43.7. The molecule has 0 saturated heterocycles. The fourth-order valence-corrected chi connectivity index (χ4v) is 1.88. The van der Waals surface area contributed by atoms with E-state index in [1.54, 1.807) is 0 Å². The van der Waals surface area contributed by atoms with E-state index in [1.807, 2.05) is 0 Å². The molecule has 2 aliphatic rings. The van der Waals surface area contributed by atoms with Crippen molar-refractivity contribution in [2.75, 3.05) is 0 Å². The molecule has 0 bridgehead atoms. The zero-order chi connectivity index (χ0) is 6.27. The highest BCUT2D eigenvalue weighted by Crippen LogP contribution is 2.44. The third-order valence-electron chi connectivity index (χ3n) is 2.93. The van der Waals surface area contributed by atoms with Gasteiger partial charge in [0.2, 0.25) is 0 Å². The molecule has 0 aromatic heterocycles. The summed E-state index contributed by atoms with van der Waals surface area (Å²) in [5, 5.41) is 0. The molecule has 0 aliphatic heterocycles. The maximum Gasteiger partial charge on any atom is 0.101 e. The zero-order valence-electron chi connectivity index (χ0n) is 5.65. The molecule has 0 atom stereocenters. The molecule has 0 amide bonds. The number of hydrogen-bond acceptors (Lipinski definition) is 0. The molecular weight excluding hydrogens is 115 g/mol. The SMILES string of the molecule is FC1CC(C2CCC2)C1. The predicted octanol–water partition coefficient (Wildman–Crippen LogP) is 2.53. The average molecular weight is 128 g/mol. The highest BCUT2D eigenvalue weighted by molar-refractivity contribution is 4.87. The lowest BCUT2D eigenvalue weighted by Crippen LogP contribution is -2.34. The first-order valence-corrected chi connectivity index (χ1v) is 4.00. The Morgan fingerprint density at radius 2 is 1.67 bits per heavy atom. The maximum absolute atomic E-state index is 12.3. The van der Waals surface area contributed by atoms with Gasteiger partial charge in [0.15, 0.2) is 0 Å². The molecule has 9 heavy (non-hydrogen) atoms. The summed E-state index contributed by atoms with van der Waals surface area (Å²) in [5.41, 5.74) is 0. The molecule has 0 unspecified atom stereocenters. The van der Waals surface area contributed by atoms with Gasteiger partial charge in [0.05, 0.1) is 0 Å². The summed E-state index contributed by atoms with van der Waals surface area (Å²) in [6.45, 7) is 0. The lowest BCUT2D eigenvalue weighted by molar-refractivity contribution is 0.0484. The van der Waals surface area contributed by atoms with Crippen molar-refractivity contribution in [3.8, 4) is 0 Å². The summed E-state index contributed by atoms with van der Waals surface area (Å²) in [7, 11) is 0. The summed E-state index contributed by atoms with van der Waals surface area (Å²) in [6, 6.07) is 0. The quantitative estimate of drug-likeness (QED) is 0.509. The van der Waals surface area contributed by atoms with Crippen molar-refractivity contribution in [1.82, 2.24) is 0 Å². The summed E-state index contributed by atoms with van der Waals surface area (Å²) >= 11 is 0. The minimum Gasteiger partial charge on any atom is -0.247 e. The van der Waals surface area contributed by atoms with Crippen LogP contribution in [0, 0.1) is 11.8 Å². The Balaban J connectivity index is 1.75. The maximum atomic E-state index is 12.3. The van der Waals surface area contributed by atoms with Gasteiger partial charge in [-0.3, -0.25) is 0 Å². The molecule has 0 heterocycles. The lowest BCUT2D eigenvalue weighted by atomic mass is 9.66. The molecule has 0 aromatic carbocycles. The van der Waals surface area contributed by atoms with Crippen molar-refractivity contribution in [3.05, 3.63) is 0 Å². The van der Waals surface area contributed by atoms with Crippen LogP contribution >= 0.6 is 0 Å². The third kappa shape index (κ3) is 0.867. The Labute approximate surface area is 55.4 Å². The van der Waals surface area contributed by atoms with Crippen LogP contribution in [0.15, 0.2) is 0 Å². The van der Waals surface area contributed by atoms with E-state index < -0.39 is 6.17 Å². The van der Waals surface area contributed by atoms with E-state index in [4.69, 9.17) is 0 Å². The first-order valence-electron chi connectivity index (χ1n) is 4.00. The van der Waals surface area contributed by atoms with Gasteiger partial charge in [-0.1, -0.05) is 19.3 Å². The molecule has 2 saturated carbocycles. The molecule has 1 heteroatoms. The van der Waals surface area contributed by atoms with Gasteiger partial charge in [0.1, 0.15) is 6.17 Å². The van der Waals surface area contributed by atoms with Gasteiger partial charge in [-0.05, 0) is 24.7 Å². The monoisotopic (exact) mass is 128 g/mol. The second-order valence-electron chi connectivity index (χ2n) is 3.52. The fourth-order valence-electron chi connectivity index (χ4n) is 1.88.